The molecule has 2 bridgehead atoms. The van der Waals surface area contributed by atoms with E-state index in [1.807, 2.05) is 12.1 Å². The minimum atomic E-state index is -0.117. The fraction of sp³-hybridized carbons (Fsp3) is 0.412. The lowest BCUT2D eigenvalue weighted by Gasteiger charge is -2.44. The van der Waals surface area contributed by atoms with Crippen molar-refractivity contribution >= 4 is 5.91 Å². The molecule has 2 aromatic rings. The first kappa shape index (κ1) is 13.5. The van der Waals surface area contributed by atoms with Crippen molar-refractivity contribution in [2.75, 3.05) is 19.6 Å². The Hall–Kier alpha value is -2.14. The Morgan fingerprint density at radius 1 is 1.32 bits per heavy atom. The standard InChI is InChI=1S/C17H19N3O2/c21-17(19-15-10-20-6-3-12(15)4-7-20)16-8-14(11-22-16)13-2-1-5-18-9-13/h1-2,5,8-9,11-12,15H,3-4,6-7,10H2,(H,19,21). The van der Waals surface area contributed by atoms with Gasteiger partial charge >= 0.3 is 0 Å². The van der Waals surface area contributed by atoms with Crippen molar-refractivity contribution in [1.82, 2.24) is 15.2 Å². The molecule has 5 nitrogen and oxygen atoms in total. The number of hydrogen-bond acceptors (Lipinski definition) is 4. The lowest BCUT2D eigenvalue weighted by atomic mass is 9.84. The van der Waals surface area contributed by atoms with Gasteiger partial charge in [-0.3, -0.25) is 9.78 Å². The second kappa shape index (κ2) is 5.57. The number of fused-ring (bicyclic) bond motifs is 3. The lowest BCUT2D eigenvalue weighted by Crippen LogP contribution is -2.57. The summed E-state index contributed by atoms with van der Waals surface area (Å²) in [5.74, 6) is 0.867. The number of piperidine rings is 3. The van der Waals surface area contributed by atoms with E-state index in [9.17, 15) is 4.79 Å². The Morgan fingerprint density at radius 2 is 2.18 bits per heavy atom. The molecule has 5 rings (SSSR count). The van der Waals surface area contributed by atoms with Gasteiger partial charge in [-0.1, -0.05) is 6.07 Å². The third kappa shape index (κ3) is 2.52. The number of pyridine rings is 1. The summed E-state index contributed by atoms with van der Waals surface area (Å²) in [6.07, 6.45) is 7.47. The van der Waals surface area contributed by atoms with E-state index in [4.69, 9.17) is 4.42 Å². The smallest absolute Gasteiger partial charge is 0.287 e. The number of nitrogens with one attached hydrogen (secondary N) is 1. The first-order chi connectivity index (χ1) is 10.8. The SMILES string of the molecule is O=C(NC1CN2CCC1CC2)c1cc(-c2cccnc2)co1. The molecule has 3 fully saturated rings. The zero-order chi connectivity index (χ0) is 14.9. The van der Waals surface area contributed by atoms with Crippen LogP contribution in [0.4, 0.5) is 0 Å². The van der Waals surface area contributed by atoms with Crippen LogP contribution in [0.15, 0.2) is 41.3 Å². The molecule has 1 N–H and O–H groups in total. The van der Waals surface area contributed by atoms with Gasteiger partial charge in [0.2, 0.25) is 0 Å². The maximum absolute atomic E-state index is 12.4. The Bertz CT molecular complexity index is 660. The summed E-state index contributed by atoms with van der Waals surface area (Å²) >= 11 is 0. The van der Waals surface area contributed by atoms with Crippen LogP contribution in [-0.4, -0.2) is 41.5 Å². The largest absolute Gasteiger partial charge is 0.459 e. The first-order valence-electron chi connectivity index (χ1n) is 7.82. The van der Waals surface area contributed by atoms with Gasteiger partial charge in [0.25, 0.3) is 5.91 Å². The van der Waals surface area contributed by atoms with Gasteiger partial charge in [0.15, 0.2) is 5.76 Å². The molecular formula is C17H19N3O2. The quantitative estimate of drug-likeness (QED) is 0.943. The highest BCUT2D eigenvalue weighted by Crippen LogP contribution is 2.28. The number of furan rings is 1. The van der Waals surface area contributed by atoms with E-state index in [2.05, 4.69) is 15.2 Å². The van der Waals surface area contributed by atoms with E-state index in [1.165, 1.54) is 25.9 Å². The Kier molecular flexibility index (Phi) is 3.42. The molecule has 0 radical (unpaired) electrons. The van der Waals surface area contributed by atoms with Gasteiger partial charge in [0, 0.05) is 36.1 Å². The van der Waals surface area contributed by atoms with E-state index >= 15 is 0 Å². The van der Waals surface area contributed by atoms with E-state index in [-0.39, 0.29) is 11.9 Å². The van der Waals surface area contributed by atoms with Gasteiger partial charge in [-0.05, 0) is 44.0 Å². The Balaban J connectivity index is 1.46. The summed E-state index contributed by atoms with van der Waals surface area (Å²) in [6.45, 7) is 3.30. The van der Waals surface area contributed by atoms with Crippen molar-refractivity contribution in [3.8, 4) is 11.1 Å². The topological polar surface area (TPSA) is 58.4 Å². The molecule has 5 heteroatoms. The molecule has 114 valence electrons. The van der Waals surface area contributed by atoms with Crippen molar-refractivity contribution in [1.29, 1.82) is 0 Å². The predicted octanol–water partition coefficient (Wildman–Crippen LogP) is 2.17. The highest BCUT2D eigenvalue weighted by atomic mass is 16.3. The van der Waals surface area contributed by atoms with Crippen LogP contribution in [-0.2, 0) is 0 Å². The van der Waals surface area contributed by atoms with Crippen LogP contribution in [0.5, 0.6) is 0 Å². The average Bonchev–Trinajstić information content (AvgIpc) is 3.07. The molecule has 0 aromatic carbocycles. The molecule has 22 heavy (non-hydrogen) atoms. The fourth-order valence-electron chi connectivity index (χ4n) is 3.51. The molecule has 1 unspecified atom stereocenters. The first-order valence-corrected chi connectivity index (χ1v) is 7.82. The summed E-state index contributed by atoms with van der Waals surface area (Å²) in [4.78, 5) is 18.9. The number of hydrogen-bond donors (Lipinski definition) is 1. The van der Waals surface area contributed by atoms with Gasteiger partial charge in [0.05, 0.1) is 6.26 Å². The van der Waals surface area contributed by atoms with Crippen LogP contribution in [0.1, 0.15) is 23.4 Å². The second-order valence-electron chi connectivity index (χ2n) is 6.16. The van der Waals surface area contributed by atoms with Crippen LogP contribution < -0.4 is 5.32 Å². The molecule has 0 spiro atoms. The highest BCUT2D eigenvalue weighted by molar-refractivity contribution is 5.93. The van der Waals surface area contributed by atoms with Gasteiger partial charge in [0.1, 0.15) is 0 Å². The van der Waals surface area contributed by atoms with Crippen molar-refractivity contribution in [3.63, 3.8) is 0 Å². The van der Waals surface area contributed by atoms with Crippen LogP contribution in [0, 0.1) is 5.92 Å². The Morgan fingerprint density at radius 3 is 2.86 bits per heavy atom. The third-order valence-corrected chi connectivity index (χ3v) is 4.79. The summed E-state index contributed by atoms with van der Waals surface area (Å²) in [5, 5.41) is 3.14. The number of nitrogens with zero attached hydrogens (tertiary/aromatic N) is 2. The normalized spacial score (nSPS) is 26.8. The van der Waals surface area contributed by atoms with Gasteiger partial charge < -0.3 is 14.6 Å². The van der Waals surface area contributed by atoms with Crippen molar-refractivity contribution < 1.29 is 9.21 Å². The summed E-state index contributed by atoms with van der Waals surface area (Å²) in [7, 11) is 0. The maximum Gasteiger partial charge on any atom is 0.287 e. The number of amides is 1. The summed E-state index contributed by atoms with van der Waals surface area (Å²) < 4.78 is 5.45. The van der Waals surface area contributed by atoms with E-state index < -0.39 is 0 Å². The number of aromatic nitrogens is 1. The van der Waals surface area contributed by atoms with Gasteiger partial charge in [-0.25, -0.2) is 0 Å². The van der Waals surface area contributed by atoms with Crippen molar-refractivity contribution in [2.45, 2.75) is 18.9 Å². The minimum absolute atomic E-state index is 0.117. The van der Waals surface area contributed by atoms with E-state index in [0.29, 0.717) is 11.7 Å². The van der Waals surface area contributed by atoms with Crippen molar-refractivity contribution in [3.05, 3.63) is 42.6 Å². The fourth-order valence-corrected chi connectivity index (χ4v) is 3.51. The van der Waals surface area contributed by atoms with Crippen LogP contribution in [0.3, 0.4) is 0 Å². The van der Waals surface area contributed by atoms with Gasteiger partial charge in [-0.2, -0.15) is 0 Å². The molecular weight excluding hydrogens is 278 g/mol. The zero-order valence-electron chi connectivity index (χ0n) is 12.4. The van der Waals surface area contributed by atoms with Gasteiger partial charge in [-0.15, -0.1) is 0 Å². The molecule has 1 atom stereocenters. The van der Waals surface area contributed by atoms with E-state index in [0.717, 1.165) is 17.7 Å². The number of carbonyl (C=O) groups is 1. The maximum atomic E-state index is 12.4. The van der Waals surface area contributed by atoms with Crippen molar-refractivity contribution in [2.24, 2.45) is 5.92 Å². The van der Waals surface area contributed by atoms with Crippen LogP contribution >= 0.6 is 0 Å². The third-order valence-electron chi connectivity index (χ3n) is 4.79. The summed E-state index contributed by atoms with van der Waals surface area (Å²) in [6, 6.07) is 5.86. The molecule has 1 amide bonds. The second-order valence-corrected chi connectivity index (χ2v) is 6.16. The highest BCUT2D eigenvalue weighted by Gasteiger charge is 2.35. The van der Waals surface area contributed by atoms with Crippen LogP contribution in [0.25, 0.3) is 11.1 Å². The lowest BCUT2D eigenvalue weighted by molar-refractivity contribution is 0.0606. The molecule has 5 heterocycles. The molecule has 3 aliphatic rings. The molecule has 0 aliphatic carbocycles. The molecule has 2 aromatic heterocycles. The predicted molar refractivity (Wildman–Crippen MR) is 82.4 cm³/mol. The number of rotatable bonds is 3. The van der Waals surface area contributed by atoms with Crippen LogP contribution in [0.2, 0.25) is 0 Å². The average molecular weight is 297 g/mol. The number of carbonyl (C=O) groups excluding carboxylic acids is 1. The molecule has 3 aliphatic heterocycles. The monoisotopic (exact) mass is 297 g/mol. The minimum Gasteiger partial charge on any atom is -0.459 e. The molecule has 3 saturated heterocycles. The Labute approximate surface area is 129 Å². The van der Waals surface area contributed by atoms with E-state index in [1.54, 1.807) is 24.7 Å². The molecule has 0 saturated carbocycles. The summed E-state index contributed by atoms with van der Waals surface area (Å²) in [5.41, 5.74) is 1.83. The zero-order valence-corrected chi connectivity index (χ0v) is 12.4.